The second kappa shape index (κ2) is 67.8. The Labute approximate surface area is 57.6 Å². The second-order valence-electron chi connectivity index (χ2n) is 0.0962. The molecule has 0 aromatic carbocycles. The van der Waals surface area contributed by atoms with E-state index in [1.54, 1.807) is 0 Å². The molecule has 0 rings (SSSR count). The smallest absolute Gasteiger partial charge is 0.554 e. The van der Waals surface area contributed by atoms with Crippen LogP contribution in [0.15, 0.2) is 0 Å². The quantitative estimate of drug-likeness (QED) is 0.225. The van der Waals surface area contributed by atoms with Gasteiger partial charge in [-0.05, 0) is 0 Å². The minimum absolute atomic E-state index is 0. The molecule has 0 fully saturated rings. The zero-order chi connectivity index (χ0) is 4.71. The van der Waals surface area contributed by atoms with Gasteiger partial charge in [0.25, 0.3) is 0 Å². The summed E-state index contributed by atoms with van der Waals surface area (Å²) < 4.78 is 0. The summed E-state index contributed by atoms with van der Waals surface area (Å²) in [5, 5.41) is 8.25. The van der Waals surface area contributed by atoms with E-state index >= 15 is 0 Å². The Morgan fingerprint density at radius 1 is 1.50 bits per heavy atom. The van der Waals surface area contributed by atoms with Crippen LogP contribution in [0, 0.1) is 0 Å². The molecule has 0 unspecified atom stereocenters. The molecule has 0 saturated heterocycles. The third-order valence-electron chi connectivity index (χ3n) is 0. The summed E-state index contributed by atoms with van der Waals surface area (Å²) in [4.78, 5) is 16.2. The molecule has 0 aliphatic heterocycles. The Hall–Kier alpha value is 0.140. The molecular formula is C2H3NaO3. The van der Waals surface area contributed by atoms with Crippen molar-refractivity contribution in [1.82, 2.24) is 0 Å². The monoisotopic (exact) mass is 98.0 g/mol. The Bertz CT molecular complexity index is 22.8. The maximum Gasteiger partial charge on any atom is 1.00 e. The number of carbonyl (C=O) groups is 2. The number of hydrogen-bond donors (Lipinski definition) is 0. The SMILES string of the molecule is C=O.O=C[O-].[Na+]. The average molecular weight is 98.0 g/mol. The molecule has 6 heavy (non-hydrogen) atoms. The molecule has 4 heteroatoms. The van der Waals surface area contributed by atoms with Crippen LogP contribution in [-0.4, -0.2) is 13.3 Å². The van der Waals surface area contributed by atoms with E-state index in [0.29, 0.717) is 0 Å². The van der Waals surface area contributed by atoms with Gasteiger partial charge in [-0.15, -0.1) is 0 Å². The first-order chi connectivity index (χ1) is 2.41. The van der Waals surface area contributed by atoms with E-state index in [0.717, 1.165) is 0 Å². The summed E-state index contributed by atoms with van der Waals surface area (Å²) in [6, 6.07) is 0. The minimum atomic E-state index is -0.500. The van der Waals surface area contributed by atoms with Gasteiger partial charge in [-0.1, -0.05) is 0 Å². The van der Waals surface area contributed by atoms with Gasteiger partial charge in [-0.2, -0.15) is 0 Å². The van der Waals surface area contributed by atoms with Gasteiger partial charge in [0.15, 0.2) is 0 Å². The van der Waals surface area contributed by atoms with Crippen LogP contribution in [0.5, 0.6) is 0 Å². The van der Waals surface area contributed by atoms with Gasteiger partial charge in [0.1, 0.15) is 6.79 Å². The molecule has 3 nitrogen and oxygen atoms in total. The van der Waals surface area contributed by atoms with Crippen molar-refractivity contribution < 1.29 is 44.3 Å². The first-order valence-corrected chi connectivity index (χ1v) is 0.760. The van der Waals surface area contributed by atoms with Crippen LogP contribution in [0.4, 0.5) is 0 Å². The Balaban J connectivity index is -0.0000000275. The molecule has 0 aromatic heterocycles. The van der Waals surface area contributed by atoms with Gasteiger partial charge in [0.2, 0.25) is 0 Å². The fourth-order valence-corrected chi connectivity index (χ4v) is 0. The summed E-state index contributed by atoms with van der Waals surface area (Å²) in [6.45, 7) is 1.50. The number of rotatable bonds is 0. The van der Waals surface area contributed by atoms with E-state index < -0.39 is 6.47 Å². The minimum Gasteiger partial charge on any atom is -0.554 e. The van der Waals surface area contributed by atoms with Crippen LogP contribution in [0.1, 0.15) is 0 Å². The van der Waals surface area contributed by atoms with E-state index in [1.165, 1.54) is 0 Å². The van der Waals surface area contributed by atoms with Crippen molar-refractivity contribution in [3.8, 4) is 0 Å². The topological polar surface area (TPSA) is 57.2 Å². The van der Waals surface area contributed by atoms with Crippen LogP contribution in [0.3, 0.4) is 0 Å². The van der Waals surface area contributed by atoms with Crippen molar-refractivity contribution in [2.75, 3.05) is 0 Å². The van der Waals surface area contributed by atoms with Crippen LogP contribution >= 0.6 is 0 Å². The third-order valence-corrected chi connectivity index (χ3v) is 0. The van der Waals surface area contributed by atoms with E-state index in [1.807, 2.05) is 6.79 Å². The van der Waals surface area contributed by atoms with Crippen molar-refractivity contribution in [2.45, 2.75) is 0 Å². The molecule has 0 bridgehead atoms. The molecule has 30 valence electrons. The van der Waals surface area contributed by atoms with Gasteiger partial charge < -0.3 is 14.7 Å². The molecule has 0 radical (unpaired) electrons. The van der Waals surface area contributed by atoms with Crippen molar-refractivity contribution in [2.24, 2.45) is 0 Å². The van der Waals surface area contributed by atoms with Crippen LogP contribution < -0.4 is 34.7 Å². The predicted molar refractivity (Wildman–Crippen MR) is 13.2 cm³/mol. The molecule has 0 spiro atoms. The van der Waals surface area contributed by atoms with Gasteiger partial charge in [0.05, 0.1) is 0 Å². The Morgan fingerprint density at radius 3 is 1.50 bits per heavy atom. The molecule has 0 amide bonds. The molecule has 0 saturated carbocycles. The van der Waals surface area contributed by atoms with E-state index in [9.17, 15) is 0 Å². The molecule has 0 aromatic rings. The molecule has 0 heterocycles. The van der Waals surface area contributed by atoms with Gasteiger partial charge in [-0.3, -0.25) is 0 Å². The normalized spacial score (nSPS) is 2.67. The Kier molecular flexibility index (Phi) is 186. The third kappa shape index (κ3) is 2080. The van der Waals surface area contributed by atoms with Gasteiger partial charge >= 0.3 is 29.6 Å². The zero-order valence-corrected chi connectivity index (χ0v) is 5.51. The van der Waals surface area contributed by atoms with Gasteiger partial charge in [-0.25, -0.2) is 0 Å². The first kappa shape index (κ1) is 16.5. The number of hydrogen-bond acceptors (Lipinski definition) is 3. The zero-order valence-electron chi connectivity index (χ0n) is 3.51. The van der Waals surface area contributed by atoms with Crippen molar-refractivity contribution >= 4 is 13.3 Å². The Morgan fingerprint density at radius 2 is 1.50 bits per heavy atom. The van der Waals surface area contributed by atoms with E-state index in [4.69, 9.17) is 14.7 Å². The maximum absolute atomic E-state index is 8.25. The summed E-state index contributed by atoms with van der Waals surface area (Å²) in [7, 11) is 0. The molecule has 0 atom stereocenters. The van der Waals surface area contributed by atoms with Crippen LogP contribution in [0.25, 0.3) is 0 Å². The summed E-state index contributed by atoms with van der Waals surface area (Å²) >= 11 is 0. The largest absolute Gasteiger partial charge is 1.00 e. The number of carboxylic acid groups (broad SMARTS) is 1. The van der Waals surface area contributed by atoms with Crippen molar-refractivity contribution in [3.63, 3.8) is 0 Å². The van der Waals surface area contributed by atoms with E-state index in [2.05, 4.69) is 0 Å². The molecule has 0 N–H and O–H groups in total. The van der Waals surface area contributed by atoms with Crippen molar-refractivity contribution in [1.29, 1.82) is 0 Å². The standard InChI is InChI=1S/CH2O2.CH2O.Na/c2-1-3;1-2;/h1H,(H,2,3);1H2;/q;;+1/p-1. The predicted octanol–water partition coefficient (Wildman–Crippen LogP) is -4.81. The van der Waals surface area contributed by atoms with Crippen LogP contribution in [0.2, 0.25) is 0 Å². The first-order valence-electron chi connectivity index (χ1n) is 0.760. The summed E-state index contributed by atoms with van der Waals surface area (Å²) in [5.74, 6) is 0. The summed E-state index contributed by atoms with van der Waals surface area (Å²) in [5.41, 5.74) is 0. The van der Waals surface area contributed by atoms with Crippen molar-refractivity contribution in [3.05, 3.63) is 0 Å². The molecule has 0 aliphatic rings. The summed E-state index contributed by atoms with van der Waals surface area (Å²) in [6.07, 6.45) is 0. The second-order valence-corrected chi connectivity index (χ2v) is 0.0962. The molecule has 0 aliphatic carbocycles. The van der Waals surface area contributed by atoms with Gasteiger partial charge in [0, 0.05) is 6.47 Å². The fourth-order valence-electron chi connectivity index (χ4n) is 0. The maximum atomic E-state index is 8.25. The molecular weight excluding hydrogens is 95.0 g/mol. The number of carbonyl (C=O) groups excluding carboxylic acids is 2. The fraction of sp³-hybridized carbons (Fsp3) is 0. The van der Waals surface area contributed by atoms with E-state index in [-0.39, 0.29) is 29.6 Å². The van der Waals surface area contributed by atoms with Crippen LogP contribution in [-0.2, 0) is 9.59 Å². The average Bonchev–Trinajstić information content (AvgIpc) is 1.46.